The number of hydrogen-bond donors (Lipinski definition) is 10. The van der Waals surface area contributed by atoms with Crippen molar-refractivity contribution < 1.29 is 147 Å². The van der Waals surface area contributed by atoms with Crippen LogP contribution in [0.15, 0.2) is 36.7 Å². The van der Waals surface area contributed by atoms with Crippen LogP contribution >= 0.6 is 0 Å². The molecule has 0 bridgehead atoms. The van der Waals surface area contributed by atoms with Crippen molar-refractivity contribution in [1.29, 1.82) is 0 Å². The van der Waals surface area contributed by atoms with Gasteiger partial charge >= 0.3 is 12.4 Å². The number of aliphatic hydroxyl groups is 4. The third-order valence-corrected chi connectivity index (χ3v) is 14.4. The fraction of sp³-hybridized carbons (Fsp3) is 0.738. The number of nitrogens with zero attached hydrogens (tertiary/aromatic N) is 5. The molecule has 2 saturated heterocycles. The zero-order valence-corrected chi connectivity index (χ0v) is 56.6. The summed E-state index contributed by atoms with van der Waals surface area (Å²) in [4.78, 5) is 88.3. The highest BCUT2D eigenvalue weighted by atomic mass is 19.4. The normalized spacial score (nSPS) is 20.0. The molecular formula is C61H93F6N11O25. The van der Waals surface area contributed by atoms with Gasteiger partial charge in [0.05, 0.1) is 190 Å². The van der Waals surface area contributed by atoms with Gasteiger partial charge in [-0.25, -0.2) is 19.9 Å². The Morgan fingerprint density at radius 1 is 0.466 bits per heavy atom. The molecule has 2 aromatic heterocycles. The number of ether oxygens (including phenoxy) is 15. The Hall–Kier alpha value is -6.66. The summed E-state index contributed by atoms with van der Waals surface area (Å²) in [6.07, 6.45) is -12.8. The molecule has 0 unspecified atom stereocenters. The number of halogens is 6. The zero-order chi connectivity index (χ0) is 74.5. The minimum atomic E-state index is -4.69. The van der Waals surface area contributed by atoms with Gasteiger partial charge in [-0.3, -0.25) is 33.7 Å². The molecule has 584 valence electrons. The Labute approximate surface area is 588 Å². The van der Waals surface area contributed by atoms with E-state index in [1.807, 2.05) is 0 Å². The van der Waals surface area contributed by atoms with Crippen LogP contribution in [0.2, 0.25) is 0 Å². The highest BCUT2D eigenvalue weighted by Crippen LogP contribution is 2.29. The molecule has 2 aromatic rings. The minimum Gasteiger partial charge on any atom is -0.388 e. The topological polar surface area (TPSA) is 449 Å². The lowest BCUT2D eigenvalue weighted by molar-refractivity contribution is -0.161. The van der Waals surface area contributed by atoms with Gasteiger partial charge in [0.2, 0.25) is 35.5 Å². The van der Waals surface area contributed by atoms with E-state index in [4.69, 9.17) is 71.1 Å². The maximum absolute atomic E-state index is 13.0. The van der Waals surface area contributed by atoms with Crippen molar-refractivity contribution in [2.75, 3.05) is 222 Å². The fourth-order valence-electron chi connectivity index (χ4n) is 9.10. The second-order valence-corrected chi connectivity index (χ2v) is 22.4. The van der Waals surface area contributed by atoms with E-state index in [-0.39, 0.29) is 248 Å². The number of hydrogen-bond acceptors (Lipinski definition) is 31. The van der Waals surface area contributed by atoms with Gasteiger partial charge in [0.25, 0.3) is 11.8 Å². The van der Waals surface area contributed by atoms with Gasteiger partial charge in [-0.15, -0.1) is 0 Å². The summed E-state index contributed by atoms with van der Waals surface area (Å²) in [6.45, 7) is 2.46. The monoisotopic (exact) mass is 1490 g/mol. The molecule has 3 aliphatic rings. The molecule has 0 aliphatic carbocycles. The zero-order valence-electron chi connectivity index (χ0n) is 56.6. The summed E-state index contributed by atoms with van der Waals surface area (Å²) in [5, 5.41) is 57.9. The van der Waals surface area contributed by atoms with E-state index in [1.54, 1.807) is 0 Å². The van der Waals surface area contributed by atoms with E-state index in [9.17, 15) is 75.5 Å². The number of carbonyl (C=O) groups is 6. The average molecular weight is 1490 g/mol. The lowest BCUT2D eigenvalue weighted by Gasteiger charge is -2.37. The number of amides is 6. The lowest BCUT2D eigenvalue weighted by Crippen LogP contribution is -2.57. The molecule has 0 spiro atoms. The average Bonchev–Trinajstić information content (AvgIpc) is 1.55. The van der Waals surface area contributed by atoms with E-state index in [0.717, 1.165) is 29.4 Å². The van der Waals surface area contributed by atoms with E-state index in [1.165, 1.54) is 0 Å². The van der Waals surface area contributed by atoms with Gasteiger partial charge in [0.1, 0.15) is 61.2 Å². The minimum absolute atomic E-state index is 0.0112. The van der Waals surface area contributed by atoms with Crippen LogP contribution in [0.1, 0.15) is 24.2 Å². The van der Waals surface area contributed by atoms with Crippen molar-refractivity contribution in [3.8, 4) is 0 Å². The second kappa shape index (κ2) is 49.9. The first-order chi connectivity index (χ1) is 49.6. The summed E-state index contributed by atoms with van der Waals surface area (Å²) < 4.78 is 161. The first kappa shape index (κ1) is 87.0. The quantitative estimate of drug-likeness (QED) is 0.0175. The maximum Gasteiger partial charge on any atom is 0.433 e. The van der Waals surface area contributed by atoms with E-state index in [2.05, 4.69) is 51.8 Å². The van der Waals surface area contributed by atoms with Gasteiger partial charge < -0.3 is 123 Å². The predicted molar refractivity (Wildman–Crippen MR) is 339 cm³/mol. The molecule has 6 amide bonds. The van der Waals surface area contributed by atoms with Crippen LogP contribution < -0.4 is 31.9 Å². The molecule has 42 heteroatoms. The molecule has 36 nitrogen and oxygen atoms in total. The number of anilines is 2. The van der Waals surface area contributed by atoms with Gasteiger partial charge in [0, 0.05) is 63.6 Å². The van der Waals surface area contributed by atoms with Crippen molar-refractivity contribution in [2.45, 2.75) is 79.9 Å². The summed E-state index contributed by atoms with van der Waals surface area (Å²) in [5.74, 6) is -3.28. The summed E-state index contributed by atoms with van der Waals surface area (Å²) in [5.41, 5.74) is -2.34. The van der Waals surface area contributed by atoms with Crippen LogP contribution in [-0.4, -0.2) is 347 Å². The molecule has 10 N–H and O–H groups in total. The number of rotatable bonds is 56. The molecular weight excluding hydrogens is 1400 g/mol. The molecule has 103 heavy (non-hydrogen) atoms. The lowest BCUT2D eigenvalue weighted by atomic mass is 9.98. The van der Waals surface area contributed by atoms with Crippen molar-refractivity contribution in [3.05, 3.63) is 48.1 Å². The first-order valence-corrected chi connectivity index (χ1v) is 33.0. The van der Waals surface area contributed by atoms with Crippen LogP contribution in [0.25, 0.3) is 0 Å². The first-order valence-electron chi connectivity index (χ1n) is 33.0. The van der Waals surface area contributed by atoms with Crippen LogP contribution in [0, 0.1) is 0 Å². The van der Waals surface area contributed by atoms with Crippen molar-refractivity contribution in [1.82, 2.24) is 46.1 Å². The Balaban J connectivity index is 0.843. The second-order valence-electron chi connectivity index (χ2n) is 22.4. The standard InChI is InChI=1S/C61H93F6N11O25/c62-60(63,64)46-3-7-71-58(76-46)74-42-35-102-44(56(87)54(42)85)37-98-29-25-93-23-21-91-19-17-89-15-10-69-48(79)5-13-96-33-41(73-51(82)40-101-32-28-95-27-31-100-39-50(81)68-9-12-78-52(83)1-2-53(78)84)34-97-14-6-49(80)70-11-16-90-18-20-92-22-24-94-26-30-99-38-45-57(88)55(86)43(36-103-45)75-59-72-8-4-47(77-59)61(65,66)67/h1-4,7-8,41-45,54-57,85-88H,5-6,9-40H2,(H,68,81)(H,69,79)(H,70,80)(H,73,82)(H,71,74,76)(H,72,75,77)/t42-,43-,44+,45+,54+,55+,56-,57-/m0/s1. The van der Waals surface area contributed by atoms with Crippen LogP contribution in [-0.2, 0) is 112 Å². The number of aliphatic hydroxyl groups excluding tert-OH is 4. The summed E-state index contributed by atoms with van der Waals surface area (Å²) in [6, 6.07) is -1.26. The smallest absolute Gasteiger partial charge is 0.388 e. The number of aromatic nitrogens is 4. The largest absolute Gasteiger partial charge is 0.433 e. The van der Waals surface area contributed by atoms with Crippen molar-refractivity contribution >= 4 is 47.3 Å². The highest BCUT2D eigenvalue weighted by molar-refractivity contribution is 6.12. The summed E-state index contributed by atoms with van der Waals surface area (Å²) in [7, 11) is 0. The molecule has 0 radical (unpaired) electrons. The molecule has 0 saturated carbocycles. The molecule has 0 aromatic carbocycles. The third-order valence-electron chi connectivity index (χ3n) is 14.4. The third kappa shape index (κ3) is 36.8. The van der Waals surface area contributed by atoms with Crippen LogP contribution in [0.4, 0.5) is 38.2 Å². The predicted octanol–water partition coefficient (Wildman–Crippen LogP) is -3.44. The van der Waals surface area contributed by atoms with Crippen LogP contribution in [0.3, 0.4) is 0 Å². The van der Waals surface area contributed by atoms with Gasteiger partial charge in [-0.2, -0.15) is 26.3 Å². The molecule has 5 heterocycles. The van der Waals surface area contributed by atoms with Crippen molar-refractivity contribution in [3.63, 3.8) is 0 Å². The maximum atomic E-state index is 13.0. The number of alkyl halides is 6. The van der Waals surface area contributed by atoms with Gasteiger partial charge in [-0.05, 0) is 12.1 Å². The Bertz CT molecular complexity index is 2650. The molecule has 3 aliphatic heterocycles. The number of imide groups is 1. The Kier molecular flexibility index (Phi) is 42.2. The highest BCUT2D eigenvalue weighted by Gasteiger charge is 2.41. The Morgan fingerprint density at radius 2 is 0.825 bits per heavy atom. The van der Waals surface area contributed by atoms with E-state index >= 15 is 0 Å². The molecule has 5 rings (SSSR count). The number of carbonyl (C=O) groups excluding carboxylic acids is 6. The molecule has 2 fully saturated rings. The van der Waals surface area contributed by atoms with Gasteiger partial charge in [0.15, 0.2) is 0 Å². The number of nitrogens with one attached hydrogen (secondary N) is 6. The van der Waals surface area contributed by atoms with Crippen molar-refractivity contribution in [2.24, 2.45) is 0 Å². The van der Waals surface area contributed by atoms with E-state index < -0.39 is 102 Å². The fourth-order valence-corrected chi connectivity index (χ4v) is 9.10. The van der Waals surface area contributed by atoms with Crippen LogP contribution in [0.5, 0.6) is 0 Å². The summed E-state index contributed by atoms with van der Waals surface area (Å²) >= 11 is 0. The Morgan fingerprint density at radius 3 is 1.22 bits per heavy atom. The SMILES string of the molecule is O=C(CCOCC(COCCC(=O)NCCOCCOCCOCCOC[C@H]1OC[C@H](Nc2nccc(C(F)(F)F)n2)[C@@H](O)[C@H]1O)NC(=O)COCCOCCOCC(=O)NCCN1C(=O)C=CC1=O)NCCOCCOCCOCCOC[C@H]1OC[C@H](Nc2nccc(C(F)(F)F)n2)[C@@H](O)[C@H]1O. The molecule has 8 atom stereocenters. The van der Waals surface area contributed by atoms with Gasteiger partial charge in [-0.1, -0.05) is 0 Å². The van der Waals surface area contributed by atoms with E-state index in [0.29, 0.717) is 12.1 Å².